The summed E-state index contributed by atoms with van der Waals surface area (Å²) in [5.41, 5.74) is -0.339. The SMILES string of the molecule is CC1(OC(=O)c2ccc(C(=O)OC(C3CCCCC3)C(F)(F)C(=O)[O-])cc2)CCCCC1. The van der Waals surface area contributed by atoms with Crippen LogP contribution in [-0.2, 0) is 14.3 Å². The number of rotatable bonds is 7. The predicted octanol–water partition coefficient (Wildman–Crippen LogP) is 4.06. The van der Waals surface area contributed by atoms with Gasteiger partial charge in [0.25, 0.3) is 0 Å². The lowest BCUT2D eigenvalue weighted by molar-refractivity contribution is -0.337. The lowest BCUT2D eigenvalue weighted by Gasteiger charge is -2.35. The average molecular weight is 451 g/mol. The van der Waals surface area contributed by atoms with Crippen LogP contribution in [0.25, 0.3) is 0 Å². The van der Waals surface area contributed by atoms with Gasteiger partial charge in [0, 0.05) is 5.92 Å². The van der Waals surface area contributed by atoms with E-state index in [-0.39, 0.29) is 11.1 Å². The molecule has 1 aromatic rings. The molecule has 1 aromatic carbocycles. The van der Waals surface area contributed by atoms with Crippen molar-refractivity contribution >= 4 is 17.9 Å². The molecule has 0 N–H and O–H groups in total. The molecule has 0 spiro atoms. The third-order valence-electron chi connectivity index (χ3n) is 6.55. The van der Waals surface area contributed by atoms with Gasteiger partial charge in [-0.15, -0.1) is 0 Å². The molecule has 1 atom stereocenters. The maximum atomic E-state index is 14.3. The maximum absolute atomic E-state index is 14.3. The highest BCUT2D eigenvalue weighted by Crippen LogP contribution is 2.36. The van der Waals surface area contributed by atoms with Crippen LogP contribution in [0.5, 0.6) is 0 Å². The third kappa shape index (κ3) is 5.64. The highest BCUT2D eigenvalue weighted by atomic mass is 19.3. The summed E-state index contributed by atoms with van der Waals surface area (Å²) in [5.74, 6) is -9.20. The second-order valence-electron chi connectivity index (χ2n) is 9.11. The summed E-state index contributed by atoms with van der Waals surface area (Å²) in [6.45, 7) is 1.90. The molecule has 0 radical (unpaired) electrons. The van der Waals surface area contributed by atoms with Gasteiger partial charge in [0.05, 0.1) is 11.1 Å². The summed E-state index contributed by atoms with van der Waals surface area (Å²) in [4.78, 5) is 36.0. The van der Waals surface area contributed by atoms with E-state index in [1.807, 2.05) is 6.92 Å². The first kappa shape index (κ1) is 24.1. The molecule has 8 heteroatoms. The minimum atomic E-state index is -4.29. The van der Waals surface area contributed by atoms with Gasteiger partial charge in [-0.1, -0.05) is 25.7 Å². The Morgan fingerprint density at radius 3 is 1.97 bits per heavy atom. The number of aliphatic carboxylic acids is 1. The van der Waals surface area contributed by atoms with Gasteiger partial charge in [-0.2, -0.15) is 8.78 Å². The van der Waals surface area contributed by atoms with Gasteiger partial charge in [0.1, 0.15) is 11.6 Å². The Balaban J connectivity index is 1.69. The molecule has 0 amide bonds. The van der Waals surface area contributed by atoms with Crippen LogP contribution >= 0.6 is 0 Å². The van der Waals surface area contributed by atoms with Crippen molar-refractivity contribution in [1.82, 2.24) is 0 Å². The van der Waals surface area contributed by atoms with Gasteiger partial charge in [0.15, 0.2) is 6.10 Å². The van der Waals surface area contributed by atoms with E-state index in [9.17, 15) is 28.3 Å². The fourth-order valence-corrected chi connectivity index (χ4v) is 4.63. The highest BCUT2D eigenvalue weighted by molar-refractivity contribution is 5.93. The Bertz CT molecular complexity index is 823. The van der Waals surface area contributed by atoms with E-state index in [1.54, 1.807) is 0 Å². The van der Waals surface area contributed by atoms with Crippen LogP contribution in [-0.4, -0.2) is 35.5 Å². The van der Waals surface area contributed by atoms with Crippen molar-refractivity contribution in [2.75, 3.05) is 0 Å². The lowest BCUT2D eigenvalue weighted by atomic mass is 9.83. The molecule has 1 unspecified atom stereocenters. The quantitative estimate of drug-likeness (QED) is 0.581. The molecule has 0 heterocycles. The molecule has 0 saturated heterocycles. The van der Waals surface area contributed by atoms with Gasteiger partial charge in [0.2, 0.25) is 0 Å². The van der Waals surface area contributed by atoms with Crippen molar-refractivity contribution in [3.63, 3.8) is 0 Å². The van der Waals surface area contributed by atoms with Crippen LogP contribution < -0.4 is 5.11 Å². The smallest absolute Gasteiger partial charge is 0.338 e. The molecule has 32 heavy (non-hydrogen) atoms. The van der Waals surface area contributed by atoms with Crippen LogP contribution in [0.1, 0.15) is 91.8 Å². The van der Waals surface area contributed by atoms with Crippen molar-refractivity contribution in [1.29, 1.82) is 0 Å². The highest BCUT2D eigenvalue weighted by Gasteiger charge is 2.48. The minimum absolute atomic E-state index is 0.0552. The molecule has 0 bridgehead atoms. The lowest BCUT2D eigenvalue weighted by Crippen LogP contribution is -2.54. The summed E-state index contributed by atoms with van der Waals surface area (Å²) in [6, 6.07) is 5.32. The van der Waals surface area contributed by atoms with Gasteiger partial charge in [-0.25, -0.2) is 9.59 Å². The summed E-state index contributed by atoms with van der Waals surface area (Å²) in [7, 11) is 0. The zero-order chi connectivity index (χ0) is 23.4. The van der Waals surface area contributed by atoms with E-state index in [1.165, 1.54) is 24.3 Å². The van der Waals surface area contributed by atoms with Crippen molar-refractivity contribution < 1.29 is 37.7 Å². The van der Waals surface area contributed by atoms with E-state index >= 15 is 0 Å². The number of hydrogen-bond acceptors (Lipinski definition) is 6. The molecular formula is C24H29F2O6-. The zero-order valence-corrected chi connectivity index (χ0v) is 18.2. The third-order valence-corrected chi connectivity index (χ3v) is 6.55. The fraction of sp³-hybridized carbons (Fsp3) is 0.625. The van der Waals surface area contributed by atoms with Gasteiger partial charge < -0.3 is 19.4 Å². The summed E-state index contributed by atoms with van der Waals surface area (Å²) < 4.78 is 39.3. The summed E-state index contributed by atoms with van der Waals surface area (Å²) in [5, 5.41) is 11.0. The molecular weight excluding hydrogens is 422 g/mol. The Labute approximate surface area is 186 Å². The molecule has 3 rings (SSSR count). The van der Waals surface area contributed by atoms with E-state index in [0.29, 0.717) is 25.7 Å². The molecule has 2 fully saturated rings. The number of esters is 2. The standard InChI is InChI=1S/C24H30F2O6/c1-23(14-6-3-7-15-23)32-21(28)18-12-10-17(11-13-18)20(27)31-19(24(25,26)22(29)30)16-8-4-2-5-9-16/h10-13,16,19H,2-9,14-15H2,1H3,(H,29,30)/p-1. The topological polar surface area (TPSA) is 92.7 Å². The van der Waals surface area contributed by atoms with Crippen molar-refractivity contribution in [2.24, 2.45) is 5.92 Å². The van der Waals surface area contributed by atoms with Gasteiger partial charge in [-0.3, -0.25) is 0 Å². The summed E-state index contributed by atoms with van der Waals surface area (Å²) >= 11 is 0. The monoisotopic (exact) mass is 451 g/mol. The number of halogens is 2. The number of carbonyl (C=O) groups excluding carboxylic acids is 3. The first-order valence-corrected chi connectivity index (χ1v) is 11.3. The van der Waals surface area contributed by atoms with E-state index < -0.39 is 41.5 Å². The summed E-state index contributed by atoms with van der Waals surface area (Å²) in [6.07, 6.45) is 5.48. The molecule has 0 aliphatic heterocycles. The Hall–Kier alpha value is -2.51. The number of carboxylic acids is 1. The first-order valence-electron chi connectivity index (χ1n) is 11.3. The van der Waals surface area contributed by atoms with Crippen molar-refractivity contribution in [2.45, 2.75) is 88.8 Å². The number of carboxylic acid groups (broad SMARTS) is 1. The fourth-order valence-electron chi connectivity index (χ4n) is 4.63. The number of benzene rings is 1. The number of alkyl halides is 2. The van der Waals surface area contributed by atoms with E-state index in [0.717, 1.165) is 38.5 Å². The van der Waals surface area contributed by atoms with Crippen LogP contribution in [0.4, 0.5) is 8.78 Å². The predicted molar refractivity (Wildman–Crippen MR) is 109 cm³/mol. The Morgan fingerprint density at radius 1 is 0.938 bits per heavy atom. The second-order valence-corrected chi connectivity index (χ2v) is 9.11. The van der Waals surface area contributed by atoms with Crippen LogP contribution in [0.15, 0.2) is 24.3 Å². The van der Waals surface area contributed by atoms with E-state index in [2.05, 4.69) is 0 Å². The molecule has 2 saturated carbocycles. The van der Waals surface area contributed by atoms with Crippen molar-refractivity contribution in [3.05, 3.63) is 35.4 Å². The van der Waals surface area contributed by atoms with Crippen molar-refractivity contribution in [3.8, 4) is 0 Å². The number of ether oxygens (including phenoxy) is 2. The second kappa shape index (κ2) is 9.96. The van der Waals surface area contributed by atoms with Gasteiger partial charge in [-0.05, 0) is 69.7 Å². The normalized spacial score (nSPS) is 20.2. The van der Waals surface area contributed by atoms with Crippen LogP contribution in [0.2, 0.25) is 0 Å². The maximum Gasteiger partial charge on any atom is 0.338 e. The van der Waals surface area contributed by atoms with E-state index in [4.69, 9.17) is 9.47 Å². The zero-order valence-electron chi connectivity index (χ0n) is 18.2. The van der Waals surface area contributed by atoms with Gasteiger partial charge >= 0.3 is 17.9 Å². The first-order chi connectivity index (χ1) is 15.1. The van der Waals surface area contributed by atoms with Crippen LogP contribution in [0, 0.1) is 5.92 Å². The molecule has 6 nitrogen and oxygen atoms in total. The van der Waals surface area contributed by atoms with Crippen LogP contribution in [0.3, 0.4) is 0 Å². The molecule has 0 aromatic heterocycles. The Morgan fingerprint density at radius 2 is 1.44 bits per heavy atom. The number of hydrogen-bond donors (Lipinski definition) is 0. The average Bonchev–Trinajstić information content (AvgIpc) is 2.78. The molecule has 2 aliphatic rings. The minimum Gasteiger partial charge on any atom is -0.544 e. The largest absolute Gasteiger partial charge is 0.544 e. The number of carbonyl (C=O) groups is 3. The Kier molecular flexibility index (Phi) is 7.51. The molecule has 176 valence electrons. The molecule has 2 aliphatic carbocycles.